The number of hydrogen-bond acceptors (Lipinski definition) is 7. The van der Waals surface area contributed by atoms with Gasteiger partial charge in [-0.05, 0) is 23.9 Å². The molecule has 0 atom stereocenters. The van der Waals surface area contributed by atoms with Gasteiger partial charge in [-0.3, -0.25) is 0 Å². The van der Waals surface area contributed by atoms with Crippen molar-refractivity contribution in [2.24, 2.45) is 0 Å². The molecular weight excluding hydrogens is 380 g/mol. The molecule has 9 heteroatoms. The first-order chi connectivity index (χ1) is 14.7. The lowest BCUT2D eigenvalue weighted by molar-refractivity contribution is -0.584. The van der Waals surface area contributed by atoms with Crippen LogP contribution < -0.4 is 15.2 Å². The van der Waals surface area contributed by atoms with Crippen LogP contribution >= 0.6 is 0 Å². The van der Waals surface area contributed by atoms with Crippen LogP contribution in [0.3, 0.4) is 0 Å². The Morgan fingerprint density at radius 2 is 2.10 bits per heavy atom. The number of nitrogens with one attached hydrogen (secondary N) is 2. The second-order valence-corrected chi connectivity index (χ2v) is 7.70. The lowest BCUT2D eigenvalue weighted by Gasteiger charge is -2.32. The first-order valence-corrected chi connectivity index (χ1v) is 10.4. The molecular formula is C21H27N8O+. The van der Waals surface area contributed by atoms with Crippen molar-refractivity contribution in [1.82, 2.24) is 24.5 Å². The first kappa shape index (κ1) is 19.0. The molecule has 1 saturated heterocycles. The highest BCUT2D eigenvalue weighted by Gasteiger charge is 2.23. The molecule has 5 heterocycles. The second-order valence-electron chi connectivity index (χ2n) is 7.70. The van der Waals surface area contributed by atoms with Crippen LogP contribution in [-0.4, -0.2) is 70.9 Å². The minimum absolute atomic E-state index is 0.374. The van der Waals surface area contributed by atoms with Gasteiger partial charge in [0.25, 0.3) is 0 Å². The van der Waals surface area contributed by atoms with Crippen molar-refractivity contribution in [3.63, 3.8) is 0 Å². The summed E-state index contributed by atoms with van der Waals surface area (Å²) < 4.78 is 9.07. The number of nitrogens with zero attached hydrogens (tertiary/aromatic N) is 6. The molecule has 0 unspecified atom stereocenters. The normalized spacial score (nSPS) is 16.5. The Labute approximate surface area is 175 Å². The maximum absolute atomic E-state index is 5.19. The number of likely N-dealkylation sites (tertiary alicyclic amines) is 1. The lowest BCUT2D eigenvalue weighted by atomic mass is 10.1. The Hall–Kier alpha value is -3.04. The van der Waals surface area contributed by atoms with Crippen LogP contribution in [0.4, 0.5) is 11.8 Å². The van der Waals surface area contributed by atoms with Gasteiger partial charge in [0.2, 0.25) is 5.95 Å². The third-order valence-corrected chi connectivity index (χ3v) is 5.83. The zero-order valence-electron chi connectivity index (χ0n) is 17.4. The van der Waals surface area contributed by atoms with E-state index < -0.39 is 0 Å². The Bertz CT molecular complexity index is 1080. The van der Waals surface area contributed by atoms with E-state index in [1.807, 2.05) is 52.9 Å². The Morgan fingerprint density at radius 1 is 1.23 bits per heavy atom. The summed E-state index contributed by atoms with van der Waals surface area (Å²) in [6.07, 6.45) is 10.1. The van der Waals surface area contributed by atoms with E-state index in [0.29, 0.717) is 12.0 Å². The third kappa shape index (κ3) is 3.50. The highest BCUT2D eigenvalue weighted by Crippen LogP contribution is 2.29. The summed E-state index contributed by atoms with van der Waals surface area (Å²) in [7, 11) is 3.64. The van der Waals surface area contributed by atoms with Gasteiger partial charge in [-0.2, -0.15) is 4.98 Å². The molecule has 5 rings (SSSR count). The molecule has 0 spiro atoms. The molecule has 156 valence electrons. The molecule has 0 aromatic carbocycles. The zero-order valence-corrected chi connectivity index (χ0v) is 17.4. The van der Waals surface area contributed by atoms with Crippen molar-refractivity contribution in [3.8, 4) is 11.3 Å². The second kappa shape index (κ2) is 8.00. The number of methoxy groups -OCH3 is 1. The van der Waals surface area contributed by atoms with Gasteiger partial charge in [0, 0.05) is 52.1 Å². The van der Waals surface area contributed by atoms with Crippen molar-refractivity contribution in [2.75, 3.05) is 51.0 Å². The predicted octanol–water partition coefficient (Wildman–Crippen LogP) is 1.58. The minimum Gasteiger partial charge on any atom is -0.383 e. The van der Waals surface area contributed by atoms with Crippen LogP contribution in [-0.2, 0) is 4.74 Å². The molecule has 0 radical (unpaired) electrons. The van der Waals surface area contributed by atoms with Crippen LogP contribution in [0.1, 0.15) is 18.7 Å². The van der Waals surface area contributed by atoms with Crippen LogP contribution in [0.15, 0.2) is 24.5 Å². The fourth-order valence-corrected chi connectivity index (χ4v) is 4.08. The topological polar surface area (TPSA) is 83.5 Å². The van der Waals surface area contributed by atoms with Crippen molar-refractivity contribution in [3.05, 3.63) is 30.4 Å². The van der Waals surface area contributed by atoms with Gasteiger partial charge in [0.15, 0.2) is 11.5 Å². The van der Waals surface area contributed by atoms with Gasteiger partial charge in [0.05, 0.1) is 18.2 Å². The van der Waals surface area contributed by atoms with E-state index in [4.69, 9.17) is 19.8 Å². The van der Waals surface area contributed by atoms with Crippen molar-refractivity contribution < 1.29 is 9.30 Å². The molecule has 30 heavy (non-hydrogen) atoms. The van der Waals surface area contributed by atoms with E-state index in [9.17, 15) is 0 Å². The van der Waals surface area contributed by atoms with Crippen LogP contribution in [0.2, 0.25) is 0 Å². The maximum Gasteiger partial charge on any atom is 0.331 e. The fraction of sp³-hybridized carbons (Fsp3) is 0.429. The number of ether oxygens (including phenoxy) is 1. The Balaban J connectivity index is 1.36. The smallest absolute Gasteiger partial charge is 0.331 e. The summed E-state index contributed by atoms with van der Waals surface area (Å²) in [4.78, 5) is 11.9. The van der Waals surface area contributed by atoms with Gasteiger partial charge < -0.3 is 20.3 Å². The minimum atomic E-state index is 0.374. The van der Waals surface area contributed by atoms with Crippen molar-refractivity contribution in [1.29, 1.82) is 0 Å². The molecule has 0 bridgehead atoms. The van der Waals surface area contributed by atoms with E-state index in [0.717, 1.165) is 67.5 Å². The molecule has 9 nitrogen and oxygen atoms in total. The molecule has 0 saturated carbocycles. The summed E-state index contributed by atoms with van der Waals surface area (Å²) in [6.45, 7) is 3.90. The maximum atomic E-state index is 5.19. The number of piperidine rings is 1. The molecule has 0 aliphatic carbocycles. The number of rotatable bonds is 7. The number of fused-ring (bicyclic) bond motifs is 2. The number of aromatic nitrogens is 5. The fourth-order valence-electron chi connectivity index (χ4n) is 4.08. The monoisotopic (exact) mass is 407 g/mol. The average Bonchev–Trinajstić information content (AvgIpc) is 3.17. The molecule has 3 aromatic heterocycles. The molecule has 2 aliphatic rings. The van der Waals surface area contributed by atoms with Gasteiger partial charge in [0.1, 0.15) is 17.9 Å². The average molecular weight is 408 g/mol. The summed E-state index contributed by atoms with van der Waals surface area (Å²) in [5.74, 6) is 2.39. The first-order valence-electron chi connectivity index (χ1n) is 10.4. The summed E-state index contributed by atoms with van der Waals surface area (Å²) in [5, 5.41) is 11.5. The molecule has 2 N–H and O–H groups in total. The molecule has 2 aliphatic heterocycles. The molecule has 0 amide bonds. The Morgan fingerprint density at radius 3 is 2.80 bits per heavy atom. The highest BCUT2D eigenvalue weighted by atomic mass is 16.5. The van der Waals surface area contributed by atoms with E-state index in [1.165, 1.54) is 0 Å². The van der Waals surface area contributed by atoms with E-state index in [1.54, 1.807) is 7.11 Å². The standard InChI is InChI=1S/C21H27N8O/c1-22-20-19-16(17-6-10-28-11-7-18(28)24-17)5-12-29(19)26-21(25-20)23-15-3-8-27(9-4-15)13-14-30-2/h5-7,10-12,15H,3-4,8-9,13-14H2,1-2H3,(H2,22,23,25,26)/q+1. The van der Waals surface area contributed by atoms with Gasteiger partial charge in [-0.25, -0.2) is 9.08 Å². The Kier molecular flexibility index (Phi) is 5.06. The number of hydrogen-bond donors (Lipinski definition) is 2. The highest BCUT2D eigenvalue weighted by molar-refractivity contribution is 5.87. The van der Waals surface area contributed by atoms with E-state index in [2.05, 4.69) is 15.5 Å². The van der Waals surface area contributed by atoms with Gasteiger partial charge in [-0.1, -0.05) is 0 Å². The number of anilines is 2. The van der Waals surface area contributed by atoms with E-state index in [-0.39, 0.29) is 0 Å². The van der Waals surface area contributed by atoms with Crippen LogP contribution in [0.25, 0.3) is 29.1 Å². The molecule has 1 fully saturated rings. The van der Waals surface area contributed by atoms with Crippen LogP contribution in [0, 0.1) is 0 Å². The van der Waals surface area contributed by atoms with E-state index >= 15 is 0 Å². The lowest BCUT2D eigenvalue weighted by Crippen LogP contribution is -2.40. The van der Waals surface area contributed by atoms with Gasteiger partial charge in [-0.15, -0.1) is 5.10 Å². The SMILES string of the molecule is CNc1nc(NC2CCN(CCOC)CC2)nn2ccc(-c3cc[n+]4c(n3)C=C4)c12. The quantitative estimate of drug-likeness (QED) is 0.450. The van der Waals surface area contributed by atoms with Crippen molar-refractivity contribution >= 4 is 29.6 Å². The predicted molar refractivity (Wildman–Crippen MR) is 116 cm³/mol. The van der Waals surface area contributed by atoms with Gasteiger partial charge >= 0.3 is 5.82 Å². The summed E-state index contributed by atoms with van der Waals surface area (Å²) in [6, 6.07) is 4.44. The van der Waals surface area contributed by atoms with Crippen molar-refractivity contribution in [2.45, 2.75) is 18.9 Å². The largest absolute Gasteiger partial charge is 0.383 e. The molecule has 3 aromatic rings. The zero-order chi connectivity index (χ0) is 20.5. The summed E-state index contributed by atoms with van der Waals surface area (Å²) >= 11 is 0. The third-order valence-electron chi connectivity index (χ3n) is 5.83. The summed E-state index contributed by atoms with van der Waals surface area (Å²) in [5.41, 5.74) is 2.86. The van der Waals surface area contributed by atoms with Crippen LogP contribution in [0.5, 0.6) is 0 Å².